The van der Waals surface area contributed by atoms with Gasteiger partial charge in [0.2, 0.25) is 0 Å². The molecule has 0 bridgehead atoms. The van der Waals surface area contributed by atoms with Crippen molar-refractivity contribution >= 4 is 11.5 Å². The Bertz CT molecular complexity index is 132. The van der Waals surface area contributed by atoms with Crippen molar-refractivity contribution in [2.75, 3.05) is 6.61 Å². The van der Waals surface area contributed by atoms with Crippen molar-refractivity contribution in [1.82, 2.24) is 0 Å². The molecule has 0 fully saturated rings. The Hall–Kier alpha value is -0.700. The van der Waals surface area contributed by atoms with Crippen molar-refractivity contribution < 1.29 is 9.90 Å². The minimum atomic E-state index is -0.117. The quantitative estimate of drug-likeness (QED) is 0.558. The smallest absolute Gasteiger partial charge is 0.176 e. The van der Waals surface area contributed by atoms with Crippen LogP contribution in [0.25, 0.3) is 0 Å². The average molecular weight is 143 g/mol. The second kappa shape index (κ2) is 5.11. The Labute approximate surface area is 60.6 Å². The van der Waals surface area contributed by atoms with Gasteiger partial charge in [-0.2, -0.15) is 0 Å². The van der Waals surface area contributed by atoms with Crippen LogP contribution in [-0.2, 0) is 4.79 Å². The second-order valence-electron chi connectivity index (χ2n) is 2.08. The third-order valence-electron chi connectivity index (χ3n) is 1.24. The van der Waals surface area contributed by atoms with Crippen LogP contribution in [0.5, 0.6) is 0 Å². The number of aliphatic hydroxyl groups excluding tert-OH is 1. The summed E-state index contributed by atoms with van der Waals surface area (Å²) in [5.74, 6) is -0.117. The molecule has 0 aliphatic rings. The first-order chi connectivity index (χ1) is 4.72. The number of carbonyl (C=O) groups excluding carboxylic acids is 1. The number of hydrogen-bond acceptors (Lipinski definition) is 3. The van der Waals surface area contributed by atoms with Gasteiger partial charge >= 0.3 is 0 Å². The average Bonchev–Trinajstić information content (AvgIpc) is 1.98. The molecule has 3 heteroatoms. The largest absolute Gasteiger partial charge is 0.396 e. The fourth-order valence-electron chi connectivity index (χ4n) is 0.609. The van der Waals surface area contributed by atoms with Crippen LogP contribution in [0.15, 0.2) is 0 Å². The molecule has 2 N–H and O–H groups in total. The molecular weight excluding hydrogens is 130 g/mol. The topological polar surface area (TPSA) is 61.2 Å². The van der Waals surface area contributed by atoms with Crippen molar-refractivity contribution in [3.8, 4) is 0 Å². The molecule has 58 valence electrons. The summed E-state index contributed by atoms with van der Waals surface area (Å²) < 4.78 is 0. The van der Waals surface area contributed by atoms with Gasteiger partial charge in [-0.15, -0.1) is 0 Å². The van der Waals surface area contributed by atoms with Gasteiger partial charge < -0.3 is 10.5 Å². The van der Waals surface area contributed by atoms with E-state index >= 15 is 0 Å². The number of Topliss-reactive ketones (excluding diaryl/α,β-unsaturated/α-hetero) is 1. The van der Waals surface area contributed by atoms with Crippen molar-refractivity contribution in [2.24, 2.45) is 0 Å². The van der Waals surface area contributed by atoms with Crippen LogP contribution in [0.4, 0.5) is 0 Å². The minimum absolute atomic E-state index is 0.0549. The van der Waals surface area contributed by atoms with E-state index in [1.807, 2.05) is 0 Å². The van der Waals surface area contributed by atoms with Gasteiger partial charge in [-0.1, -0.05) is 6.92 Å². The van der Waals surface area contributed by atoms with E-state index in [4.69, 9.17) is 10.5 Å². The van der Waals surface area contributed by atoms with Crippen LogP contribution in [0.3, 0.4) is 0 Å². The summed E-state index contributed by atoms with van der Waals surface area (Å²) in [5, 5.41) is 15.5. The summed E-state index contributed by atoms with van der Waals surface area (Å²) in [5.41, 5.74) is 0.136. The SMILES string of the molecule is CCC(=O)C(=N)CCCO. The summed E-state index contributed by atoms with van der Waals surface area (Å²) in [4.78, 5) is 10.7. The van der Waals surface area contributed by atoms with Crippen LogP contribution in [-0.4, -0.2) is 23.2 Å². The predicted octanol–water partition coefficient (Wildman–Crippen LogP) is 0.758. The molecule has 0 aromatic rings. The number of ketones is 1. The summed E-state index contributed by atoms with van der Waals surface area (Å²) in [7, 11) is 0. The molecule has 0 heterocycles. The van der Waals surface area contributed by atoms with Crippen LogP contribution in [0, 0.1) is 5.41 Å². The lowest BCUT2D eigenvalue weighted by atomic mass is 10.1. The van der Waals surface area contributed by atoms with Crippen molar-refractivity contribution in [1.29, 1.82) is 5.41 Å². The van der Waals surface area contributed by atoms with Crippen molar-refractivity contribution in [3.05, 3.63) is 0 Å². The third-order valence-corrected chi connectivity index (χ3v) is 1.24. The van der Waals surface area contributed by atoms with Gasteiger partial charge in [-0.25, -0.2) is 0 Å². The summed E-state index contributed by atoms with van der Waals surface area (Å²) in [6.07, 6.45) is 1.32. The summed E-state index contributed by atoms with van der Waals surface area (Å²) in [6.45, 7) is 1.79. The molecule has 0 aliphatic heterocycles. The lowest BCUT2D eigenvalue weighted by Gasteiger charge is -1.97. The molecule has 0 saturated heterocycles. The number of carbonyl (C=O) groups is 1. The lowest BCUT2D eigenvalue weighted by Crippen LogP contribution is -2.11. The van der Waals surface area contributed by atoms with Crippen LogP contribution < -0.4 is 0 Å². The maximum atomic E-state index is 10.7. The standard InChI is InChI=1S/C7H13NO2/c1-2-7(10)6(8)4-3-5-9/h8-9H,2-5H2,1H3. The molecule has 0 unspecified atom stereocenters. The van der Waals surface area contributed by atoms with E-state index in [1.54, 1.807) is 6.92 Å². The Kier molecular flexibility index (Phi) is 4.76. The van der Waals surface area contributed by atoms with Crippen molar-refractivity contribution in [2.45, 2.75) is 26.2 Å². The first-order valence-electron chi connectivity index (χ1n) is 3.43. The van der Waals surface area contributed by atoms with E-state index in [-0.39, 0.29) is 18.1 Å². The molecule has 0 spiro atoms. The highest BCUT2D eigenvalue weighted by Gasteiger charge is 2.04. The number of nitrogens with one attached hydrogen (secondary N) is 1. The highest BCUT2D eigenvalue weighted by atomic mass is 16.2. The van der Waals surface area contributed by atoms with E-state index < -0.39 is 0 Å². The minimum Gasteiger partial charge on any atom is -0.396 e. The molecule has 0 radical (unpaired) electrons. The van der Waals surface area contributed by atoms with Gasteiger partial charge in [0.15, 0.2) is 5.78 Å². The van der Waals surface area contributed by atoms with Crippen LogP contribution in [0.1, 0.15) is 26.2 Å². The Morgan fingerprint density at radius 3 is 2.60 bits per heavy atom. The van der Waals surface area contributed by atoms with E-state index in [1.165, 1.54) is 0 Å². The molecule has 0 aliphatic carbocycles. The first-order valence-corrected chi connectivity index (χ1v) is 3.43. The van der Waals surface area contributed by atoms with Gasteiger partial charge in [0.05, 0.1) is 5.71 Å². The lowest BCUT2D eigenvalue weighted by molar-refractivity contribution is -0.112. The molecular formula is C7H13NO2. The van der Waals surface area contributed by atoms with E-state index in [0.717, 1.165) is 0 Å². The predicted molar refractivity (Wildman–Crippen MR) is 39.3 cm³/mol. The highest BCUT2D eigenvalue weighted by Crippen LogP contribution is 1.93. The summed E-state index contributed by atoms with van der Waals surface area (Å²) in [6, 6.07) is 0. The normalized spacial score (nSPS) is 9.40. The molecule has 0 aromatic carbocycles. The van der Waals surface area contributed by atoms with Gasteiger partial charge in [-0.05, 0) is 12.8 Å². The summed E-state index contributed by atoms with van der Waals surface area (Å²) >= 11 is 0. The van der Waals surface area contributed by atoms with Crippen molar-refractivity contribution in [3.63, 3.8) is 0 Å². The Balaban J connectivity index is 3.52. The second-order valence-corrected chi connectivity index (χ2v) is 2.08. The number of hydrogen-bond donors (Lipinski definition) is 2. The molecule has 0 amide bonds. The number of aliphatic hydroxyl groups is 1. The maximum Gasteiger partial charge on any atom is 0.176 e. The zero-order valence-electron chi connectivity index (χ0n) is 6.18. The van der Waals surface area contributed by atoms with Gasteiger partial charge in [0, 0.05) is 13.0 Å². The zero-order valence-corrected chi connectivity index (χ0v) is 6.18. The Morgan fingerprint density at radius 1 is 1.60 bits per heavy atom. The van der Waals surface area contributed by atoms with Gasteiger partial charge in [-0.3, -0.25) is 4.79 Å². The highest BCUT2D eigenvalue weighted by molar-refractivity contribution is 6.38. The Morgan fingerprint density at radius 2 is 2.20 bits per heavy atom. The van der Waals surface area contributed by atoms with Crippen LogP contribution in [0.2, 0.25) is 0 Å². The van der Waals surface area contributed by atoms with E-state index in [0.29, 0.717) is 19.3 Å². The molecule has 10 heavy (non-hydrogen) atoms. The fourth-order valence-corrected chi connectivity index (χ4v) is 0.609. The third kappa shape index (κ3) is 3.35. The fraction of sp³-hybridized carbons (Fsp3) is 0.714. The number of rotatable bonds is 5. The molecule has 3 nitrogen and oxygen atoms in total. The van der Waals surface area contributed by atoms with Gasteiger partial charge in [0.1, 0.15) is 0 Å². The maximum absolute atomic E-state index is 10.7. The van der Waals surface area contributed by atoms with Gasteiger partial charge in [0.25, 0.3) is 0 Å². The first kappa shape index (κ1) is 9.30. The zero-order chi connectivity index (χ0) is 7.98. The van der Waals surface area contributed by atoms with E-state index in [9.17, 15) is 4.79 Å². The molecule has 0 rings (SSSR count). The molecule has 0 saturated carbocycles. The van der Waals surface area contributed by atoms with E-state index in [2.05, 4.69) is 0 Å². The van der Waals surface area contributed by atoms with Crippen LogP contribution >= 0.6 is 0 Å². The monoisotopic (exact) mass is 143 g/mol. The molecule has 0 atom stereocenters. The molecule has 0 aromatic heterocycles.